The van der Waals surface area contributed by atoms with Gasteiger partial charge >= 0.3 is 0 Å². The second-order valence-electron chi connectivity index (χ2n) is 4.29. The summed E-state index contributed by atoms with van der Waals surface area (Å²) in [6.45, 7) is 1.48. The van der Waals surface area contributed by atoms with Crippen molar-refractivity contribution < 1.29 is 9.90 Å². The molecule has 0 saturated carbocycles. The molecule has 92 valence electrons. The molecule has 0 aliphatic carbocycles. The van der Waals surface area contributed by atoms with E-state index in [0.717, 1.165) is 25.9 Å². The van der Waals surface area contributed by atoms with Gasteiger partial charge in [-0.25, -0.2) is 0 Å². The number of aliphatic hydroxyl groups excluding tert-OH is 1. The van der Waals surface area contributed by atoms with Gasteiger partial charge in [0.2, 0.25) is 5.91 Å². The average molecular weight is 235 g/mol. The van der Waals surface area contributed by atoms with E-state index in [2.05, 4.69) is 4.98 Å². The highest BCUT2D eigenvalue weighted by atomic mass is 16.3. The molecule has 5 nitrogen and oxygen atoms in total. The summed E-state index contributed by atoms with van der Waals surface area (Å²) in [6.07, 6.45) is 4.19. The average Bonchev–Trinajstić information content (AvgIpc) is 2.91. The summed E-state index contributed by atoms with van der Waals surface area (Å²) in [6, 6.07) is 2.53. The van der Waals surface area contributed by atoms with E-state index in [0.29, 0.717) is 5.56 Å². The monoisotopic (exact) mass is 235 g/mol. The minimum Gasteiger partial charge on any atom is -0.386 e. The van der Waals surface area contributed by atoms with Gasteiger partial charge in [-0.2, -0.15) is 0 Å². The molecule has 1 aromatic rings. The number of aromatic nitrogens is 1. The Morgan fingerprint density at radius 1 is 1.47 bits per heavy atom. The molecule has 0 spiro atoms. The van der Waals surface area contributed by atoms with Gasteiger partial charge in [0.25, 0.3) is 0 Å². The molecule has 2 rings (SSSR count). The van der Waals surface area contributed by atoms with E-state index in [1.54, 1.807) is 23.2 Å². The number of rotatable bonds is 3. The quantitative estimate of drug-likeness (QED) is 0.776. The summed E-state index contributed by atoms with van der Waals surface area (Å²) in [4.78, 5) is 17.6. The molecule has 0 radical (unpaired) electrons. The maximum absolute atomic E-state index is 12.0. The molecule has 17 heavy (non-hydrogen) atoms. The van der Waals surface area contributed by atoms with E-state index in [4.69, 9.17) is 5.73 Å². The number of hydrogen-bond donors (Lipinski definition) is 2. The van der Waals surface area contributed by atoms with Crippen LogP contribution in [0.4, 0.5) is 0 Å². The number of aliphatic hydroxyl groups is 1. The highest BCUT2D eigenvalue weighted by Crippen LogP contribution is 2.17. The van der Waals surface area contributed by atoms with E-state index >= 15 is 0 Å². The predicted octanol–water partition coefficient (Wildman–Crippen LogP) is 0.0647. The Morgan fingerprint density at radius 3 is 2.76 bits per heavy atom. The Bertz CT molecular complexity index is 377. The number of hydrogen-bond acceptors (Lipinski definition) is 4. The predicted molar refractivity (Wildman–Crippen MR) is 63.0 cm³/mol. The Hall–Kier alpha value is -1.46. The normalized spacial score (nSPS) is 19.1. The standard InChI is InChI=1S/C12H17N3O2/c13-10(12(17)15-6-1-2-7-15)11(16)9-4-3-5-14-8-9/h3-5,8,10-11,16H,1-2,6-7,13H2/t10-,11-/m1/s1. The van der Waals surface area contributed by atoms with Crippen molar-refractivity contribution in [3.8, 4) is 0 Å². The molecule has 0 aromatic carbocycles. The number of pyridine rings is 1. The Balaban J connectivity index is 2.04. The largest absolute Gasteiger partial charge is 0.386 e. The zero-order valence-corrected chi connectivity index (χ0v) is 9.62. The van der Waals surface area contributed by atoms with Crippen LogP contribution < -0.4 is 5.73 Å². The van der Waals surface area contributed by atoms with Crippen molar-refractivity contribution in [3.63, 3.8) is 0 Å². The van der Waals surface area contributed by atoms with Gasteiger partial charge in [0, 0.05) is 31.0 Å². The summed E-state index contributed by atoms with van der Waals surface area (Å²) in [5.41, 5.74) is 6.38. The molecule has 2 atom stereocenters. The van der Waals surface area contributed by atoms with Crippen LogP contribution in [0.3, 0.4) is 0 Å². The van der Waals surface area contributed by atoms with Crippen molar-refractivity contribution in [3.05, 3.63) is 30.1 Å². The fourth-order valence-electron chi connectivity index (χ4n) is 2.04. The van der Waals surface area contributed by atoms with Gasteiger partial charge in [-0.1, -0.05) is 6.07 Å². The molecule has 1 fully saturated rings. The van der Waals surface area contributed by atoms with Gasteiger partial charge in [0.15, 0.2) is 0 Å². The van der Waals surface area contributed by atoms with E-state index in [1.165, 1.54) is 6.20 Å². The number of carbonyl (C=O) groups excluding carboxylic acids is 1. The number of nitrogens with zero attached hydrogens (tertiary/aromatic N) is 2. The maximum Gasteiger partial charge on any atom is 0.242 e. The lowest BCUT2D eigenvalue weighted by molar-refractivity contribution is -0.134. The molecular formula is C12H17N3O2. The molecule has 1 saturated heterocycles. The van der Waals surface area contributed by atoms with Gasteiger partial charge in [-0.15, -0.1) is 0 Å². The van der Waals surface area contributed by atoms with Crippen LogP contribution in [0.15, 0.2) is 24.5 Å². The molecule has 1 amide bonds. The summed E-state index contributed by atoms with van der Waals surface area (Å²) >= 11 is 0. The molecule has 0 bridgehead atoms. The van der Waals surface area contributed by atoms with Crippen LogP contribution in [0, 0.1) is 0 Å². The van der Waals surface area contributed by atoms with Crippen LogP contribution in [-0.4, -0.2) is 40.0 Å². The first kappa shape index (κ1) is 12.0. The molecule has 1 aromatic heterocycles. The molecular weight excluding hydrogens is 218 g/mol. The lowest BCUT2D eigenvalue weighted by atomic mass is 10.0. The summed E-state index contributed by atoms with van der Waals surface area (Å²) in [5, 5.41) is 10.0. The van der Waals surface area contributed by atoms with Gasteiger partial charge in [-0.05, 0) is 18.9 Å². The minimum absolute atomic E-state index is 0.182. The highest BCUT2D eigenvalue weighted by Gasteiger charge is 2.29. The first-order chi connectivity index (χ1) is 8.20. The van der Waals surface area contributed by atoms with Crippen molar-refractivity contribution in [2.45, 2.75) is 25.0 Å². The third-order valence-electron chi connectivity index (χ3n) is 3.07. The van der Waals surface area contributed by atoms with Crippen LogP contribution >= 0.6 is 0 Å². The maximum atomic E-state index is 12.0. The second kappa shape index (κ2) is 5.25. The number of amides is 1. The van der Waals surface area contributed by atoms with Crippen LogP contribution in [-0.2, 0) is 4.79 Å². The first-order valence-corrected chi connectivity index (χ1v) is 5.82. The van der Waals surface area contributed by atoms with Crippen LogP contribution in [0.5, 0.6) is 0 Å². The zero-order valence-electron chi connectivity index (χ0n) is 9.62. The van der Waals surface area contributed by atoms with Crippen LogP contribution in [0.2, 0.25) is 0 Å². The Morgan fingerprint density at radius 2 is 2.18 bits per heavy atom. The smallest absolute Gasteiger partial charge is 0.242 e. The zero-order chi connectivity index (χ0) is 12.3. The fourth-order valence-corrected chi connectivity index (χ4v) is 2.04. The molecule has 1 aliphatic heterocycles. The van der Waals surface area contributed by atoms with Crippen LogP contribution in [0.25, 0.3) is 0 Å². The third kappa shape index (κ3) is 2.62. The van der Waals surface area contributed by atoms with Crippen molar-refractivity contribution >= 4 is 5.91 Å². The summed E-state index contributed by atoms with van der Waals surface area (Å²) in [5.74, 6) is -0.182. The Kier molecular flexibility index (Phi) is 3.71. The molecule has 5 heteroatoms. The lowest BCUT2D eigenvalue weighted by Gasteiger charge is -2.23. The topological polar surface area (TPSA) is 79.5 Å². The van der Waals surface area contributed by atoms with E-state index < -0.39 is 12.1 Å². The van der Waals surface area contributed by atoms with Crippen LogP contribution in [0.1, 0.15) is 24.5 Å². The van der Waals surface area contributed by atoms with E-state index in [9.17, 15) is 9.90 Å². The summed E-state index contributed by atoms with van der Waals surface area (Å²) in [7, 11) is 0. The minimum atomic E-state index is -0.989. The lowest BCUT2D eigenvalue weighted by Crippen LogP contribution is -2.45. The van der Waals surface area contributed by atoms with E-state index in [-0.39, 0.29) is 5.91 Å². The Labute approximate surface area is 100 Å². The van der Waals surface area contributed by atoms with Crippen molar-refractivity contribution in [2.75, 3.05) is 13.1 Å². The van der Waals surface area contributed by atoms with Gasteiger partial charge in [0.1, 0.15) is 12.1 Å². The summed E-state index contributed by atoms with van der Waals surface area (Å²) < 4.78 is 0. The van der Waals surface area contributed by atoms with Crippen molar-refractivity contribution in [1.82, 2.24) is 9.88 Å². The van der Waals surface area contributed by atoms with E-state index in [1.807, 2.05) is 0 Å². The first-order valence-electron chi connectivity index (χ1n) is 5.82. The van der Waals surface area contributed by atoms with Crippen molar-refractivity contribution in [1.29, 1.82) is 0 Å². The molecule has 2 heterocycles. The second-order valence-corrected chi connectivity index (χ2v) is 4.29. The van der Waals surface area contributed by atoms with Gasteiger partial charge < -0.3 is 15.7 Å². The van der Waals surface area contributed by atoms with Crippen molar-refractivity contribution in [2.24, 2.45) is 5.73 Å². The highest BCUT2D eigenvalue weighted by molar-refractivity contribution is 5.82. The SMILES string of the molecule is N[C@@H](C(=O)N1CCCC1)[C@H](O)c1cccnc1. The molecule has 0 unspecified atom stereocenters. The number of likely N-dealkylation sites (tertiary alicyclic amines) is 1. The van der Waals surface area contributed by atoms with Gasteiger partial charge in [0.05, 0.1) is 0 Å². The number of carbonyl (C=O) groups is 1. The fraction of sp³-hybridized carbons (Fsp3) is 0.500. The number of nitrogens with two attached hydrogens (primary N) is 1. The third-order valence-corrected chi connectivity index (χ3v) is 3.07. The molecule has 1 aliphatic rings. The molecule has 3 N–H and O–H groups in total. The van der Waals surface area contributed by atoms with Gasteiger partial charge in [-0.3, -0.25) is 9.78 Å².